The predicted molar refractivity (Wildman–Crippen MR) is 81.1 cm³/mol. The molecule has 6 heteroatoms. The lowest BCUT2D eigenvalue weighted by molar-refractivity contribution is 0.00578. The van der Waals surface area contributed by atoms with Crippen molar-refractivity contribution in [2.45, 2.75) is 38.9 Å². The molecular formula is C14H17BBrNO3. The fourth-order valence-corrected chi connectivity index (χ4v) is 2.40. The molecule has 0 spiro atoms. The van der Waals surface area contributed by atoms with E-state index in [4.69, 9.17) is 19.3 Å². The summed E-state index contributed by atoms with van der Waals surface area (Å²) in [6, 6.07) is 5.64. The molecule has 0 aliphatic carbocycles. The second kappa shape index (κ2) is 5.07. The molecule has 1 heterocycles. The SMILES string of the molecule is COc1cc(Br)c(C#N)cc1B1OC(C)(C)C(C)(C)O1. The molecule has 0 saturated carbocycles. The van der Waals surface area contributed by atoms with Crippen LogP contribution in [0.3, 0.4) is 0 Å². The largest absolute Gasteiger partial charge is 0.498 e. The van der Waals surface area contributed by atoms with Crippen molar-refractivity contribution in [3.8, 4) is 11.8 Å². The Morgan fingerprint density at radius 3 is 2.20 bits per heavy atom. The van der Waals surface area contributed by atoms with Gasteiger partial charge in [0, 0.05) is 9.94 Å². The van der Waals surface area contributed by atoms with Gasteiger partial charge in [0.25, 0.3) is 0 Å². The third-order valence-electron chi connectivity index (χ3n) is 3.95. The summed E-state index contributed by atoms with van der Waals surface area (Å²) in [5, 5.41) is 9.15. The van der Waals surface area contributed by atoms with Crippen molar-refractivity contribution in [3.05, 3.63) is 22.2 Å². The molecule has 2 rings (SSSR count). The maximum atomic E-state index is 9.15. The van der Waals surface area contributed by atoms with Gasteiger partial charge in [0.05, 0.1) is 23.9 Å². The van der Waals surface area contributed by atoms with E-state index in [9.17, 15) is 0 Å². The number of ether oxygens (including phenoxy) is 1. The van der Waals surface area contributed by atoms with E-state index in [1.807, 2.05) is 27.7 Å². The lowest BCUT2D eigenvalue weighted by Gasteiger charge is -2.32. The van der Waals surface area contributed by atoms with Crippen LogP contribution in [0, 0.1) is 11.3 Å². The van der Waals surface area contributed by atoms with Crippen LogP contribution in [0.4, 0.5) is 0 Å². The van der Waals surface area contributed by atoms with Crippen LogP contribution in [-0.2, 0) is 9.31 Å². The average molecular weight is 338 g/mol. The van der Waals surface area contributed by atoms with Crippen molar-refractivity contribution in [1.29, 1.82) is 5.26 Å². The molecule has 0 bridgehead atoms. The summed E-state index contributed by atoms with van der Waals surface area (Å²) in [7, 11) is 1.04. The highest BCUT2D eigenvalue weighted by Gasteiger charge is 2.52. The van der Waals surface area contributed by atoms with Crippen LogP contribution in [0.15, 0.2) is 16.6 Å². The van der Waals surface area contributed by atoms with E-state index in [2.05, 4.69) is 22.0 Å². The first-order valence-electron chi connectivity index (χ1n) is 6.35. The lowest BCUT2D eigenvalue weighted by atomic mass is 9.77. The molecule has 1 aliphatic rings. The summed E-state index contributed by atoms with van der Waals surface area (Å²) in [4.78, 5) is 0. The van der Waals surface area contributed by atoms with Gasteiger partial charge in [-0.3, -0.25) is 0 Å². The Bertz CT molecular complexity index is 565. The van der Waals surface area contributed by atoms with Gasteiger partial charge in [-0.15, -0.1) is 0 Å². The molecular weight excluding hydrogens is 321 g/mol. The molecule has 106 valence electrons. The normalized spacial score (nSPS) is 19.8. The number of rotatable bonds is 2. The third-order valence-corrected chi connectivity index (χ3v) is 4.60. The predicted octanol–water partition coefficient (Wildman–Crippen LogP) is 2.63. The van der Waals surface area contributed by atoms with Crippen LogP contribution < -0.4 is 10.2 Å². The Balaban J connectivity index is 2.47. The van der Waals surface area contributed by atoms with Gasteiger partial charge in [0.1, 0.15) is 11.8 Å². The molecule has 0 atom stereocenters. The zero-order chi connectivity index (χ0) is 15.1. The van der Waals surface area contributed by atoms with E-state index in [-0.39, 0.29) is 0 Å². The zero-order valence-electron chi connectivity index (χ0n) is 12.3. The standard InChI is InChI=1S/C14H17BBrNO3/c1-13(2)14(3,4)20-15(19-13)10-6-9(8-17)11(16)7-12(10)18-5/h6-7H,1-5H3. The summed E-state index contributed by atoms with van der Waals surface area (Å²) in [6.45, 7) is 7.96. The highest BCUT2D eigenvalue weighted by molar-refractivity contribution is 9.10. The van der Waals surface area contributed by atoms with Crippen molar-refractivity contribution < 1.29 is 14.0 Å². The van der Waals surface area contributed by atoms with E-state index in [0.717, 1.165) is 5.46 Å². The van der Waals surface area contributed by atoms with E-state index in [1.165, 1.54) is 0 Å². The minimum atomic E-state index is -0.546. The van der Waals surface area contributed by atoms with E-state index in [0.29, 0.717) is 15.8 Å². The van der Waals surface area contributed by atoms with Crippen LogP contribution in [0.5, 0.6) is 5.75 Å². The van der Waals surface area contributed by atoms with Crippen LogP contribution >= 0.6 is 15.9 Å². The summed E-state index contributed by atoms with van der Waals surface area (Å²) < 4.78 is 18.1. The summed E-state index contributed by atoms with van der Waals surface area (Å²) in [5.74, 6) is 0.634. The monoisotopic (exact) mass is 337 g/mol. The van der Waals surface area contributed by atoms with Gasteiger partial charge < -0.3 is 14.0 Å². The van der Waals surface area contributed by atoms with Crippen molar-refractivity contribution in [2.75, 3.05) is 7.11 Å². The Kier molecular flexibility index (Phi) is 3.89. The number of hydrogen-bond donors (Lipinski definition) is 0. The fourth-order valence-electron chi connectivity index (χ4n) is 1.99. The minimum Gasteiger partial charge on any atom is -0.497 e. The maximum absolute atomic E-state index is 9.15. The molecule has 0 aromatic heterocycles. The topological polar surface area (TPSA) is 51.5 Å². The molecule has 1 aromatic carbocycles. The smallest absolute Gasteiger partial charge is 0.497 e. The third kappa shape index (κ3) is 2.46. The Hall–Kier alpha value is -1.03. The van der Waals surface area contributed by atoms with Gasteiger partial charge in [0.15, 0.2) is 0 Å². The van der Waals surface area contributed by atoms with Gasteiger partial charge >= 0.3 is 7.12 Å². The Morgan fingerprint density at radius 1 is 1.20 bits per heavy atom. The molecule has 0 amide bonds. The molecule has 1 aliphatic heterocycles. The molecule has 1 aromatic rings. The second-order valence-corrected chi connectivity index (χ2v) is 6.63. The Labute approximate surface area is 128 Å². The minimum absolute atomic E-state index is 0.428. The number of benzene rings is 1. The quantitative estimate of drug-likeness (QED) is 0.778. The van der Waals surface area contributed by atoms with Crippen molar-refractivity contribution in [1.82, 2.24) is 0 Å². The molecule has 0 unspecified atom stereocenters. The number of hydrogen-bond acceptors (Lipinski definition) is 4. The second-order valence-electron chi connectivity index (χ2n) is 5.77. The first-order chi connectivity index (χ1) is 9.21. The molecule has 0 radical (unpaired) electrons. The van der Waals surface area contributed by atoms with Gasteiger partial charge in [-0.05, 0) is 55.8 Å². The number of nitriles is 1. The zero-order valence-corrected chi connectivity index (χ0v) is 13.9. The van der Waals surface area contributed by atoms with Crippen molar-refractivity contribution in [3.63, 3.8) is 0 Å². The first-order valence-corrected chi connectivity index (χ1v) is 7.14. The van der Waals surface area contributed by atoms with Crippen LogP contribution in [-0.4, -0.2) is 25.4 Å². The van der Waals surface area contributed by atoms with Gasteiger partial charge in [-0.1, -0.05) is 0 Å². The number of halogens is 1. The Morgan fingerprint density at radius 2 is 1.75 bits per heavy atom. The molecule has 1 saturated heterocycles. The van der Waals surface area contributed by atoms with E-state index < -0.39 is 18.3 Å². The molecule has 1 fully saturated rings. The fraction of sp³-hybridized carbons (Fsp3) is 0.500. The molecule has 20 heavy (non-hydrogen) atoms. The average Bonchev–Trinajstić information content (AvgIpc) is 2.57. The summed E-state index contributed by atoms with van der Waals surface area (Å²) in [5.41, 5.74) is 0.395. The van der Waals surface area contributed by atoms with Crippen LogP contribution in [0.1, 0.15) is 33.3 Å². The number of methoxy groups -OCH3 is 1. The van der Waals surface area contributed by atoms with E-state index in [1.54, 1.807) is 19.2 Å². The summed E-state index contributed by atoms with van der Waals surface area (Å²) in [6.07, 6.45) is 0. The van der Waals surface area contributed by atoms with Crippen molar-refractivity contribution >= 4 is 28.5 Å². The molecule has 4 nitrogen and oxygen atoms in total. The van der Waals surface area contributed by atoms with Gasteiger partial charge in [0.2, 0.25) is 0 Å². The molecule has 0 N–H and O–H groups in total. The highest BCUT2D eigenvalue weighted by Crippen LogP contribution is 2.37. The summed E-state index contributed by atoms with van der Waals surface area (Å²) >= 11 is 3.35. The highest BCUT2D eigenvalue weighted by atomic mass is 79.9. The van der Waals surface area contributed by atoms with Crippen LogP contribution in [0.2, 0.25) is 0 Å². The maximum Gasteiger partial charge on any atom is 0.498 e. The lowest BCUT2D eigenvalue weighted by Crippen LogP contribution is -2.41. The van der Waals surface area contributed by atoms with E-state index >= 15 is 0 Å². The van der Waals surface area contributed by atoms with Crippen molar-refractivity contribution in [2.24, 2.45) is 0 Å². The van der Waals surface area contributed by atoms with Gasteiger partial charge in [-0.2, -0.15) is 5.26 Å². The number of nitrogens with zero attached hydrogens (tertiary/aromatic N) is 1. The van der Waals surface area contributed by atoms with Crippen LogP contribution in [0.25, 0.3) is 0 Å². The first kappa shape index (κ1) is 15.4. The van der Waals surface area contributed by atoms with Gasteiger partial charge in [-0.25, -0.2) is 0 Å².